The fraction of sp³-hybridized carbons (Fsp3) is 0.462. The van der Waals surface area contributed by atoms with Crippen LogP contribution in [0.4, 0.5) is 0 Å². The summed E-state index contributed by atoms with van der Waals surface area (Å²) < 4.78 is 5.20. The van der Waals surface area contributed by atoms with Crippen molar-refractivity contribution < 1.29 is 14.6 Å². The fourth-order valence-corrected chi connectivity index (χ4v) is 2.23. The quantitative estimate of drug-likeness (QED) is 0.830. The van der Waals surface area contributed by atoms with E-state index in [4.69, 9.17) is 16.3 Å². The Labute approximate surface area is 111 Å². The lowest BCUT2D eigenvalue weighted by Gasteiger charge is -2.29. The Kier molecular flexibility index (Phi) is 4.58. The van der Waals surface area contributed by atoms with Crippen molar-refractivity contribution in [3.63, 3.8) is 0 Å². The monoisotopic (exact) mass is 269 g/mol. The maximum Gasteiger partial charge on any atom is 0.238 e. The minimum Gasteiger partial charge on any atom is -0.388 e. The van der Waals surface area contributed by atoms with Gasteiger partial charge in [0.2, 0.25) is 5.91 Å². The molecule has 4 nitrogen and oxygen atoms in total. The highest BCUT2D eigenvalue weighted by Gasteiger charge is 2.34. The first-order chi connectivity index (χ1) is 8.72. The van der Waals surface area contributed by atoms with Gasteiger partial charge in [0.15, 0.2) is 0 Å². The molecule has 2 unspecified atom stereocenters. The Hall–Kier alpha value is -1.10. The lowest BCUT2D eigenvalue weighted by Crippen LogP contribution is -2.46. The number of benzene rings is 1. The third kappa shape index (κ3) is 3.02. The molecule has 0 aromatic heterocycles. The van der Waals surface area contributed by atoms with Crippen LogP contribution in [0.25, 0.3) is 0 Å². The van der Waals surface area contributed by atoms with E-state index in [-0.39, 0.29) is 24.4 Å². The standard InChI is InChI=1S/C13H16ClNO3/c14-6-13(17)15(11-8-18-9-12(11)16)7-10-4-2-1-3-5-10/h1-5,11-12,16H,6-9H2. The summed E-state index contributed by atoms with van der Waals surface area (Å²) in [5, 5.41) is 9.82. The van der Waals surface area contributed by atoms with Crippen molar-refractivity contribution in [3.8, 4) is 0 Å². The summed E-state index contributed by atoms with van der Waals surface area (Å²) in [4.78, 5) is 13.5. The summed E-state index contributed by atoms with van der Waals surface area (Å²) in [6.45, 7) is 1.07. The van der Waals surface area contributed by atoms with Gasteiger partial charge in [-0.3, -0.25) is 4.79 Å². The van der Waals surface area contributed by atoms with Gasteiger partial charge in [0.1, 0.15) is 5.88 Å². The summed E-state index contributed by atoms with van der Waals surface area (Å²) in [5.74, 6) is -0.272. The van der Waals surface area contributed by atoms with E-state index in [9.17, 15) is 9.90 Å². The lowest BCUT2D eigenvalue weighted by molar-refractivity contribution is -0.133. The smallest absolute Gasteiger partial charge is 0.238 e. The summed E-state index contributed by atoms with van der Waals surface area (Å²) in [6.07, 6.45) is -0.638. The van der Waals surface area contributed by atoms with Crippen molar-refractivity contribution in [2.45, 2.75) is 18.7 Å². The third-order valence-electron chi connectivity index (χ3n) is 3.05. The number of hydrogen-bond acceptors (Lipinski definition) is 3. The van der Waals surface area contributed by atoms with Gasteiger partial charge in [0, 0.05) is 6.54 Å². The van der Waals surface area contributed by atoms with Crippen molar-refractivity contribution in [1.29, 1.82) is 0 Å². The van der Waals surface area contributed by atoms with E-state index in [0.29, 0.717) is 13.2 Å². The molecule has 0 radical (unpaired) electrons. The minimum atomic E-state index is -0.638. The highest BCUT2D eigenvalue weighted by Crippen LogP contribution is 2.17. The van der Waals surface area contributed by atoms with E-state index in [1.807, 2.05) is 30.3 Å². The molecule has 5 heteroatoms. The second kappa shape index (κ2) is 6.18. The molecule has 1 saturated heterocycles. The molecule has 0 saturated carbocycles. The first-order valence-electron chi connectivity index (χ1n) is 5.87. The van der Waals surface area contributed by atoms with Crippen molar-refractivity contribution in [2.24, 2.45) is 0 Å². The highest BCUT2D eigenvalue weighted by molar-refractivity contribution is 6.27. The van der Waals surface area contributed by atoms with Crippen LogP contribution in [-0.2, 0) is 16.1 Å². The fourth-order valence-electron chi connectivity index (χ4n) is 2.08. The van der Waals surface area contributed by atoms with Crippen LogP contribution in [0.5, 0.6) is 0 Å². The van der Waals surface area contributed by atoms with Gasteiger partial charge in [-0.25, -0.2) is 0 Å². The SMILES string of the molecule is O=C(CCl)N(Cc1ccccc1)C1COCC1O. The first-order valence-corrected chi connectivity index (χ1v) is 6.41. The number of aliphatic hydroxyl groups is 1. The molecule has 1 aromatic rings. The van der Waals surface area contributed by atoms with Crippen molar-refractivity contribution in [3.05, 3.63) is 35.9 Å². The average molecular weight is 270 g/mol. The molecule has 0 aliphatic carbocycles. The number of carbonyl (C=O) groups excluding carboxylic acids is 1. The Morgan fingerprint density at radius 3 is 2.67 bits per heavy atom. The van der Waals surface area contributed by atoms with Crippen LogP contribution >= 0.6 is 11.6 Å². The Bertz CT molecular complexity index is 398. The number of aliphatic hydroxyl groups excluding tert-OH is 1. The summed E-state index contributed by atoms with van der Waals surface area (Å²) in [5.41, 5.74) is 1.01. The summed E-state index contributed by atoms with van der Waals surface area (Å²) >= 11 is 5.63. The number of ether oxygens (including phenoxy) is 1. The molecule has 1 fully saturated rings. The second-order valence-electron chi connectivity index (χ2n) is 4.31. The summed E-state index contributed by atoms with van der Waals surface area (Å²) in [6, 6.07) is 9.33. The van der Waals surface area contributed by atoms with E-state index in [1.54, 1.807) is 4.90 Å². The first kappa shape index (κ1) is 13.3. The Morgan fingerprint density at radius 2 is 2.11 bits per heavy atom. The van der Waals surface area contributed by atoms with E-state index in [2.05, 4.69) is 0 Å². The molecule has 1 N–H and O–H groups in total. The molecule has 18 heavy (non-hydrogen) atoms. The summed E-state index contributed by atoms with van der Waals surface area (Å²) in [7, 11) is 0. The number of carbonyl (C=O) groups is 1. The number of nitrogens with zero attached hydrogens (tertiary/aromatic N) is 1. The molecule has 2 rings (SSSR count). The van der Waals surface area contributed by atoms with E-state index >= 15 is 0 Å². The van der Waals surface area contributed by atoms with E-state index in [1.165, 1.54) is 0 Å². The zero-order chi connectivity index (χ0) is 13.0. The van der Waals surface area contributed by atoms with Gasteiger partial charge in [0.25, 0.3) is 0 Å². The average Bonchev–Trinajstić information content (AvgIpc) is 2.82. The van der Waals surface area contributed by atoms with Crippen LogP contribution in [0.3, 0.4) is 0 Å². The maximum atomic E-state index is 11.9. The largest absolute Gasteiger partial charge is 0.388 e. The topological polar surface area (TPSA) is 49.8 Å². The Balaban J connectivity index is 2.13. The lowest BCUT2D eigenvalue weighted by atomic mass is 10.1. The van der Waals surface area contributed by atoms with Gasteiger partial charge >= 0.3 is 0 Å². The van der Waals surface area contributed by atoms with Gasteiger partial charge < -0.3 is 14.7 Å². The number of alkyl halides is 1. The van der Waals surface area contributed by atoms with Gasteiger partial charge in [-0.1, -0.05) is 30.3 Å². The van der Waals surface area contributed by atoms with Gasteiger partial charge in [-0.2, -0.15) is 0 Å². The minimum absolute atomic E-state index is 0.0872. The molecule has 1 heterocycles. The van der Waals surface area contributed by atoms with Crippen LogP contribution in [-0.4, -0.2) is 47.2 Å². The van der Waals surface area contributed by atoms with Crippen molar-refractivity contribution >= 4 is 17.5 Å². The zero-order valence-corrected chi connectivity index (χ0v) is 10.7. The van der Waals surface area contributed by atoms with Crippen LogP contribution in [0.15, 0.2) is 30.3 Å². The van der Waals surface area contributed by atoms with Gasteiger partial charge in [-0.05, 0) is 5.56 Å². The van der Waals surface area contributed by atoms with E-state index < -0.39 is 6.10 Å². The molecular weight excluding hydrogens is 254 g/mol. The van der Waals surface area contributed by atoms with Crippen molar-refractivity contribution in [1.82, 2.24) is 4.90 Å². The maximum absolute atomic E-state index is 11.9. The predicted octanol–water partition coefficient (Wildman–Crippen LogP) is 1.01. The molecule has 1 aliphatic rings. The number of rotatable bonds is 4. The molecule has 2 atom stereocenters. The highest BCUT2D eigenvalue weighted by atomic mass is 35.5. The number of hydrogen-bond donors (Lipinski definition) is 1. The predicted molar refractivity (Wildman–Crippen MR) is 68.3 cm³/mol. The molecule has 1 aromatic carbocycles. The molecule has 1 amide bonds. The van der Waals surface area contributed by atoms with Crippen LogP contribution in [0.1, 0.15) is 5.56 Å². The molecule has 0 bridgehead atoms. The van der Waals surface area contributed by atoms with Gasteiger partial charge in [0.05, 0.1) is 25.4 Å². The van der Waals surface area contributed by atoms with Crippen LogP contribution in [0.2, 0.25) is 0 Å². The molecule has 98 valence electrons. The van der Waals surface area contributed by atoms with Crippen LogP contribution in [0, 0.1) is 0 Å². The van der Waals surface area contributed by atoms with Crippen molar-refractivity contribution in [2.75, 3.05) is 19.1 Å². The van der Waals surface area contributed by atoms with Gasteiger partial charge in [-0.15, -0.1) is 11.6 Å². The number of amides is 1. The zero-order valence-electron chi connectivity index (χ0n) is 9.96. The third-order valence-corrected chi connectivity index (χ3v) is 3.28. The van der Waals surface area contributed by atoms with Crippen LogP contribution < -0.4 is 0 Å². The molecule has 1 aliphatic heterocycles. The normalized spacial score (nSPS) is 23.0. The molecular formula is C13H16ClNO3. The van der Waals surface area contributed by atoms with E-state index in [0.717, 1.165) is 5.56 Å². The Morgan fingerprint density at radius 1 is 1.39 bits per heavy atom. The molecule has 0 spiro atoms. The second-order valence-corrected chi connectivity index (χ2v) is 4.58. The number of halogens is 1.